The molecule has 2 amide bonds. The Labute approximate surface area is 153 Å². The van der Waals surface area contributed by atoms with Crippen molar-refractivity contribution in [3.05, 3.63) is 57.5 Å². The van der Waals surface area contributed by atoms with E-state index < -0.39 is 0 Å². The number of anilines is 2. The molecule has 6 heteroatoms. The van der Waals surface area contributed by atoms with Crippen LogP contribution in [0.3, 0.4) is 0 Å². The Hall–Kier alpha value is -1.85. The minimum atomic E-state index is -0.374. The maximum Gasteiger partial charge on any atom is 0.229 e. The Balaban J connectivity index is 1.69. The average molecular weight is 408 g/mol. The number of aryl methyl sites for hydroxylation is 1. The Morgan fingerprint density at radius 1 is 1.25 bits per heavy atom. The fraction of sp³-hybridized carbons (Fsp3) is 0.222. The molecule has 0 radical (unpaired) electrons. The van der Waals surface area contributed by atoms with Gasteiger partial charge in [-0.3, -0.25) is 9.59 Å². The zero-order valence-electron chi connectivity index (χ0n) is 13.1. The molecule has 0 aromatic heterocycles. The molecule has 1 heterocycles. The van der Waals surface area contributed by atoms with Crippen molar-refractivity contribution in [3.8, 4) is 0 Å². The predicted octanol–water partition coefficient (Wildman–Crippen LogP) is 4.40. The monoisotopic (exact) mass is 406 g/mol. The van der Waals surface area contributed by atoms with Crippen molar-refractivity contribution in [1.29, 1.82) is 0 Å². The molecule has 0 bridgehead atoms. The maximum absolute atomic E-state index is 12.4. The van der Waals surface area contributed by atoms with E-state index in [9.17, 15) is 9.59 Å². The molecule has 0 aliphatic carbocycles. The van der Waals surface area contributed by atoms with Crippen LogP contribution in [0, 0.1) is 12.8 Å². The van der Waals surface area contributed by atoms with Gasteiger partial charge < -0.3 is 10.2 Å². The van der Waals surface area contributed by atoms with Gasteiger partial charge in [0.2, 0.25) is 11.8 Å². The van der Waals surface area contributed by atoms with Gasteiger partial charge in [-0.05, 0) is 53.2 Å². The molecule has 1 N–H and O–H groups in total. The molecule has 0 unspecified atom stereocenters. The van der Waals surface area contributed by atoms with Gasteiger partial charge in [-0.25, -0.2) is 0 Å². The quantitative estimate of drug-likeness (QED) is 0.819. The minimum Gasteiger partial charge on any atom is -0.326 e. The standard InChI is InChI=1S/C18H16BrClN2O2/c1-11-2-5-14(6-3-11)22-10-12(8-17(22)23)18(24)21-13-4-7-15(19)16(20)9-13/h2-7,9,12H,8,10H2,1H3,(H,21,24)/t12-/m1/s1. The third-order valence-corrected chi connectivity index (χ3v) is 5.26. The van der Waals surface area contributed by atoms with E-state index in [0.29, 0.717) is 17.3 Å². The van der Waals surface area contributed by atoms with E-state index in [0.717, 1.165) is 15.7 Å². The predicted molar refractivity (Wildman–Crippen MR) is 99.4 cm³/mol. The van der Waals surface area contributed by atoms with E-state index in [1.54, 1.807) is 23.1 Å². The lowest BCUT2D eigenvalue weighted by Crippen LogP contribution is -2.28. The van der Waals surface area contributed by atoms with Gasteiger partial charge in [0, 0.05) is 28.8 Å². The molecule has 3 rings (SSSR count). The van der Waals surface area contributed by atoms with Crippen molar-refractivity contribution in [1.82, 2.24) is 0 Å². The Morgan fingerprint density at radius 2 is 1.96 bits per heavy atom. The van der Waals surface area contributed by atoms with E-state index in [2.05, 4.69) is 21.2 Å². The topological polar surface area (TPSA) is 49.4 Å². The summed E-state index contributed by atoms with van der Waals surface area (Å²) in [7, 11) is 0. The highest BCUT2D eigenvalue weighted by Crippen LogP contribution is 2.28. The molecule has 0 spiro atoms. The van der Waals surface area contributed by atoms with Crippen LogP contribution in [0.25, 0.3) is 0 Å². The molecule has 124 valence electrons. The van der Waals surface area contributed by atoms with Crippen LogP contribution in [-0.2, 0) is 9.59 Å². The summed E-state index contributed by atoms with van der Waals surface area (Å²) in [5.41, 5.74) is 2.58. The molecular weight excluding hydrogens is 392 g/mol. The molecule has 24 heavy (non-hydrogen) atoms. The fourth-order valence-electron chi connectivity index (χ4n) is 2.68. The van der Waals surface area contributed by atoms with Gasteiger partial charge in [0.25, 0.3) is 0 Å². The minimum absolute atomic E-state index is 0.0344. The molecule has 1 saturated heterocycles. The fourth-order valence-corrected chi connectivity index (χ4v) is 3.10. The van der Waals surface area contributed by atoms with Gasteiger partial charge >= 0.3 is 0 Å². The number of benzene rings is 2. The normalized spacial score (nSPS) is 17.2. The number of nitrogens with one attached hydrogen (secondary N) is 1. The third kappa shape index (κ3) is 3.62. The lowest BCUT2D eigenvalue weighted by molar-refractivity contribution is -0.122. The number of carbonyl (C=O) groups is 2. The van der Waals surface area contributed by atoms with Crippen molar-refractivity contribution in [2.45, 2.75) is 13.3 Å². The maximum atomic E-state index is 12.4. The molecule has 1 aliphatic rings. The van der Waals surface area contributed by atoms with Crippen LogP contribution in [0.1, 0.15) is 12.0 Å². The Bertz CT molecular complexity index is 792. The van der Waals surface area contributed by atoms with Gasteiger partial charge in [0.1, 0.15) is 0 Å². The van der Waals surface area contributed by atoms with Crippen molar-refractivity contribution >= 4 is 50.7 Å². The van der Waals surface area contributed by atoms with E-state index in [1.165, 1.54) is 0 Å². The first-order chi connectivity index (χ1) is 11.4. The second kappa shape index (κ2) is 6.95. The highest BCUT2D eigenvalue weighted by atomic mass is 79.9. The molecule has 1 fully saturated rings. The van der Waals surface area contributed by atoms with Crippen LogP contribution in [0.2, 0.25) is 5.02 Å². The Kier molecular flexibility index (Phi) is 4.92. The highest BCUT2D eigenvalue weighted by molar-refractivity contribution is 9.10. The van der Waals surface area contributed by atoms with Crippen LogP contribution < -0.4 is 10.2 Å². The van der Waals surface area contributed by atoms with Gasteiger partial charge in [-0.2, -0.15) is 0 Å². The summed E-state index contributed by atoms with van der Waals surface area (Å²) >= 11 is 9.35. The van der Waals surface area contributed by atoms with Crippen LogP contribution in [0.4, 0.5) is 11.4 Å². The van der Waals surface area contributed by atoms with E-state index in [-0.39, 0.29) is 24.2 Å². The van der Waals surface area contributed by atoms with Crippen molar-refractivity contribution < 1.29 is 9.59 Å². The van der Waals surface area contributed by atoms with Crippen molar-refractivity contribution in [2.75, 3.05) is 16.8 Å². The lowest BCUT2D eigenvalue weighted by Gasteiger charge is -2.17. The average Bonchev–Trinajstić information content (AvgIpc) is 2.94. The van der Waals surface area contributed by atoms with Crippen LogP contribution in [0.5, 0.6) is 0 Å². The first-order valence-corrected chi connectivity index (χ1v) is 8.74. The van der Waals surface area contributed by atoms with Gasteiger partial charge in [0.05, 0.1) is 10.9 Å². The second-order valence-corrected chi connectivity index (χ2v) is 7.12. The van der Waals surface area contributed by atoms with Crippen LogP contribution in [0.15, 0.2) is 46.9 Å². The number of carbonyl (C=O) groups excluding carboxylic acids is 2. The number of hydrogen-bond donors (Lipinski definition) is 1. The molecule has 2 aromatic rings. The van der Waals surface area contributed by atoms with E-state index >= 15 is 0 Å². The van der Waals surface area contributed by atoms with Gasteiger partial charge in [0.15, 0.2) is 0 Å². The molecule has 4 nitrogen and oxygen atoms in total. The lowest BCUT2D eigenvalue weighted by atomic mass is 10.1. The number of amides is 2. The zero-order chi connectivity index (χ0) is 17.3. The van der Waals surface area contributed by atoms with Crippen LogP contribution in [-0.4, -0.2) is 18.4 Å². The van der Waals surface area contributed by atoms with Crippen LogP contribution >= 0.6 is 27.5 Å². The van der Waals surface area contributed by atoms with Gasteiger partial charge in [-0.1, -0.05) is 29.3 Å². The number of nitrogens with zero attached hydrogens (tertiary/aromatic N) is 1. The number of rotatable bonds is 3. The SMILES string of the molecule is Cc1ccc(N2C[C@H](C(=O)Nc3ccc(Br)c(Cl)c3)CC2=O)cc1. The highest BCUT2D eigenvalue weighted by Gasteiger charge is 2.35. The first kappa shape index (κ1) is 17.0. The largest absolute Gasteiger partial charge is 0.326 e. The first-order valence-electron chi connectivity index (χ1n) is 7.57. The summed E-state index contributed by atoms with van der Waals surface area (Å²) in [6.45, 7) is 2.38. The van der Waals surface area contributed by atoms with Gasteiger partial charge in [-0.15, -0.1) is 0 Å². The van der Waals surface area contributed by atoms with E-state index in [4.69, 9.17) is 11.6 Å². The zero-order valence-corrected chi connectivity index (χ0v) is 15.4. The number of halogens is 2. The molecular formula is C18H16BrClN2O2. The molecule has 0 saturated carbocycles. The summed E-state index contributed by atoms with van der Waals surface area (Å²) in [6, 6.07) is 12.9. The smallest absolute Gasteiger partial charge is 0.229 e. The summed E-state index contributed by atoms with van der Waals surface area (Å²) < 4.78 is 0.767. The molecule has 1 atom stereocenters. The summed E-state index contributed by atoms with van der Waals surface area (Å²) in [5.74, 6) is -0.578. The summed E-state index contributed by atoms with van der Waals surface area (Å²) in [5, 5.41) is 3.36. The number of hydrogen-bond acceptors (Lipinski definition) is 2. The second-order valence-electron chi connectivity index (χ2n) is 5.86. The van der Waals surface area contributed by atoms with Crippen molar-refractivity contribution in [2.24, 2.45) is 5.92 Å². The summed E-state index contributed by atoms with van der Waals surface area (Å²) in [4.78, 5) is 26.4. The molecule has 1 aliphatic heterocycles. The van der Waals surface area contributed by atoms with E-state index in [1.807, 2.05) is 31.2 Å². The Morgan fingerprint density at radius 3 is 2.62 bits per heavy atom. The third-order valence-electron chi connectivity index (χ3n) is 4.03. The van der Waals surface area contributed by atoms with Crippen molar-refractivity contribution in [3.63, 3.8) is 0 Å². The molecule has 2 aromatic carbocycles. The summed E-state index contributed by atoms with van der Waals surface area (Å²) in [6.07, 6.45) is 0.212.